The summed E-state index contributed by atoms with van der Waals surface area (Å²) < 4.78 is 11.3. The van der Waals surface area contributed by atoms with E-state index >= 15 is 0 Å². The molecule has 0 spiro atoms. The zero-order valence-corrected chi connectivity index (χ0v) is 12.9. The summed E-state index contributed by atoms with van der Waals surface area (Å²) in [5, 5.41) is 0. The third-order valence-corrected chi connectivity index (χ3v) is 4.16. The molecular weight excluding hydrogens is 250 g/mol. The zero-order valence-electron chi connectivity index (χ0n) is 12.9. The second kappa shape index (κ2) is 7.21. The molecule has 1 heterocycles. The van der Waals surface area contributed by atoms with E-state index in [4.69, 9.17) is 15.2 Å². The van der Waals surface area contributed by atoms with E-state index in [-0.39, 0.29) is 12.1 Å². The van der Waals surface area contributed by atoms with Crippen molar-refractivity contribution < 1.29 is 9.47 Å². The van der Waals surface area contributed by atoms with Gasteiger partial charge in [-0.15, -0.1) is 0 Å². The van der Waals surface area contributed by atoms with Crippen molar-refractivity contribution in [3.8, 4) is 0 Å². The lowest BCUT2D eigenvalue weighted by atomic mass is 9.87. The van der Waals surface area contributed by atoms with E-state index in [1.807, 2.05) is 0 Å². The fourth-order valence-corrected chi connectivity index (χ4v) is 2.97. The summed E-state index contributed by atoms with van der Waals surface area (Å²) in [7, 11) is 0. The number of hydrogen-bond donors (Lipinski definition) is 1. The summed E-state index contributed by atoms with van der Waals surface area (Å²) in [4.78, 5) is 0. The van der Waals surface area contributed by atoms with E-state index in [1.54, 1.807) is 0 Å². The summed E-state index contributed by atoms with van der Waals surface area (Å²) in [6.45, 7) is 8.52. The van der Waals surface area contributed by atoms with Crippen LogP contribution in [0.15, 0.2) is 12.1 Å². The van der Waals surface area contributed by atoms with Crippen LogP contribution in [0.25, 0.3) is 0 Å². The average Bonchev–Trinajstić information content (AvgIpc) is 2.53. The summed E-state index contributed by atoms with van der Waals surface area (Å²) in [5.74, 6) is 0. The fourth-order valence-electron chi connectivity index (χ4n) is 2.97. The lowest BCUT2D eigenvalue weighted by Gasteiger charge is -2.31. The third kappa shape index (κ3) is 3.22. The van der Waals surface area contributed by atoms with Crippen LogP contribution in [-0.2, 0) is 28.7 Å². The summed E-state index contributed by atoms with van der Waals surface area (Å²) in [6.07, 6.45) is 3.07. The molecule has 20 heavy (non-hydrogen) atoms. The summed E-state index contributed by atoms with van der Waals surface area (Å²) in [6, 6.07) is 4.52. The minimum absolute atomic E-state index is 0.0215. The Kier molecular flexibility index (Phi) is 5.58. The predicted molar refractivity (Wildman–Crippen MR) is 82.1 cm³/mol. The van der Waals surface area contributed by atoms with Crippen molar-refractivity contribution in [3.63, 3.8) is 0 Å². The second-order valence-electron chi connectivity index (χ2n) is 5.40. The number of hydrogen-bond acceptors (Lipinski definition) is 3. The highest BCUT2D eigenvalue weighted by Gasteiger charge is 2.26. The Balaban J connectivity index is 2.36. The van der Waals surface area contributed by atoms with Gasteiger partial charge in [0.1, 0.15) is 6.10 Å². The Hall–Kier alpha value is -0.900. The van der Waals surface area contributed by atoms with Crippen LogP contribution in [0, 0.1) is 0 Å². The van der Waals surface area contributed by atoms with Crippen LogP contribution in [0.1, 0.15) is 49.1 Å². The Morgan fingerprint density at radius 3 is 2.20 bits per heavy atom. The van der Waals surface area contributed by atoms with Gasteiger partial charge in [-0.25, -0.2) is 0 Å². The molecule has 0 aromatic heterocycles. The van der Waals surface area contributed by atoms with E-state index in [0.717, 1.165) is 19.3 Å². The maximum absolute atomic E-state index is 6.51. The second-order valence-corrected chi connectivity index (χ2v) is 5.40. The summed E-state index contributed by atoms with van der Waals surface area (Å²) >= 11 is 0. The molecule has 2 unspecified atom stereocenters. The summed E-state index contributed by atoms with van der Waals surface area (Å²) in [5.41, 5.74) is 11.9. The van der Waals surface area contributed by atoms with Crippen LogP contribution in [0.5, 0.6) is 0 Å². The van der Waals surface area contributed by atoms with Crippen molar-refractivity contribution in [1.29, 1.82) is 0 Å². The molecule has 1 fully saturated rings. The molecule has 2 N–H and O–H groups in total. The quantitative estimate of drug-likeness (QED) is 0.900. The van der Waals surface area contributed by atoms with E-state index in [1.165, 1.54) is 22.3 Å². The van der Waals surface area contributed by atoms with Crippen molar-refractivity contribution in [2.45, 2.75) is 52.2 Å². The normalized spacial score (nSPS) is 20.9. The molecule has 1 saturated heterocycles. The van der Waals surface area contributed by atoms with Gasteiger partial charge < -0.3 is 15.2 Å². The van der Waals surface area contributed by atoms with Gasteiger partial charge >= 0.3 is 0 Å². The molecule has 0 bridgehead atoms. The number of benzene rings is 1. The molecule has 1 aromatic rings. The number of aryl methyl sites for hydroxylation is 3. The van der Waals surface area contributed by atoms with Gasteiger partial charge in [0.05, 0.1) is 25.9 Å². The van der Waals surface area contributed by atoms with Crippen molar-refractivity contribution in [3.05, 3.63) is 34.4 Å². The first kappa shape index (κ1) is 15.5. The average molecular weight is 277 g/mol. The SMILES string of the molecule is CCc1cc(CC)c(C(N)C2COCCO2)c(CC)c1. The minimum Gasteiger partial charge on any atom is -0.376 e. The lowest BCUT2D eigenvalue weighted by Crippen LogP contribution is -2.38. The fraction of sp³-hybridized carbons (Fsp3) is 0.647. The van der Waals surface area contributed by atoms with Crippen LogP contribution in [0.2, 0.25) is 0 Å². The zero-order chi connectivity index (χ0) is 14.5. The number of nitrogens with two attached hydrogens (primary N) is 1. The molecule has 1 aliphatic heterocycles. The molecule has 3 heteroatoms. The molecule has 3 nitrogen and oxygen atoms in total. The molecule has 1 aliphatic rings. The van der Waals surface area contributed by atoms with Crippen LogP contribution < -0.4 is 5.73 Å². The number of rotatable bonds is 5. The van der Waals surface area contributed by atoms with Crippen molar-refractivity contribution >= 4 is 0 Å². The van der Waals surface area contributed by atoms with Gasteiger partial charge in [0.15, 0.2) is 0 Å². The van der Waals surface area contributed by atoms with E-state index in [0.29, 0.717) is 19.8 Å². The van der Waals surface area contributed by atoms with Crippen LogP contribution >= 0.6 is 0 Å². The molecule has 2 atom stereocenters. The molecule has 112 valence electrons. The van der Waals surface area contributed by atoms with Crippen molar-refractivity contribution in [1.82, 2.24) is 0 Å². The Morgan fingerprint density at radius 1 is 1.10 bits per heavy atom. The van der Waals surface area contributed by atoms with Crippen LogP contribution in [0.3, 0.4) is 0 Å². The lowest BCUT2D eigenvalue weighted by molar-refractivity contribution is -0.0977. The van der Waals surface area contributed by atoms with Gasteiger partial charge in [0.25, 0.3) is 0 Å². The first-order valence-corrected chi connectivity index (χ1v) is 7.80. The molecule has 0 saturated carbocycles. The smallest absolute Gasteiger partial charge is 0.100 e. The first-order chi connectivity index (χ1) is 9.71. The Morgan fingerprint density at radius 2 is 1.75 bits per heavy atom. The Bertz CT molecular complexity index is 414. The molecule has 0 aliphatic carbocycles. The van der Waals surface area contributed by atoms with Crippen molar-refractivity contribution in [2.75, 3.05) is 19.8 Å². The maximum atomic E-state index is 6.51. The topological polar surface area (TPSA) is 44.5 Å². The highest BCUT2D eigenvalue weighted by atomic mass is 16.6. The third-order valence-electron chi connectivity index (χ3n) is 4.16. The van der Waals surface area contributed by atoms with Gasteiger partial charge in [0.2, 0.25) is 0 Å². The molecule has 0 radical (unpaired) electrons. The monoisotopic (exact) mass is 277 g/mol. The number of ether oxygens (including phenoxy) is 2. The molecule has 2 rings (SSSR count). The Labute approximate surface area is 122 Å². The van der Waals surface area contributed by atoms with Gasteiger partial charge in [-0.2, -0.15) is 0 Å². The first-order valence-electron chi connectivity index (χ1n) is 7.80. The van der Waals surface area contributed by atoms with Gasteiger partial charge in [-0.3, -0.25) is 0 Å². The predicted octanol–water partition coefficient (Wildman–Crippen LogP) is 2.79. The minimum atomic E-state index is -0.0916. The largest absolute Gasteiger partial charge is 0.376 e. The van der Waals surface area contributed by atoms with Crippen LogP contribution in [0.4, 0.5) is 0 Å². The maximum Gasteiger partial charge on any atom is 0.100 e. The highest BCUT2D eigenvalue weighted by Crippen LogP contribution is 2.28. The molecule has 0 amide bonds. The van der Waals surface area contributed by atoms with Gasteiger partial charge in [0, 0.05) is 0 Å². The standard InChI is InChI=1S/C17H27NO2/c1-4-12-9-13(5-2)16(14(6-3)10-12)17(18)15-11-19-7-8-20-15/h9-10,15,17H,4-8,11,18H2,1-3H3. The van der Waals surface area contributed by atoms with Crippen LogP contribution in [-0.4, -0.2) is 25.9 Å². The van der Waals surface area contributed by atoms with E-state index in [2.05, 4.69) is 32.9 Å². The highest BCUT2D eigenvalue weighted by molar-refractivity contribution is 5.42. The molecular formula is C17H27NO2. The van der Waals surface area contributed by atoms with E-state index < -0.39 is 0 Å². The van der Waals surface area contributed by atoms with Gasteiger partial charge in [-0.05, 0) is 41.5 Å². The molecule has 1 aromatic carbocycles. The van der Waals surface area contributed by atoms with Gasteiger partial charge in [-0.1, -0.05) is 32.9 Å². The van der Waals surface area contributed by atoms with E-state index in [9.17, 15) is 0 Å². The van der Waals surface area contributed by atoms with Crippen molar-refractivity contribution in [2.24, 2.45) is 5.73 Å².